The van der Waals surface area contributed by atoms with Crippen molar-refractivity contribution in [2.45, 2.75) is 60.2 Å². The van der Waals surface area contributed by atoms with E-state index in [1.807, 2.05) is 32.9 Å². The lowest BCUT2D eigenvalue weighted by atomic mass is 10.1. The zero-order valence-electron chi connectivity index (χ0n) is 12.7. The Balaban J connectivity index is 2.99. The number of benzene rings is 1. The van der Waals surface area contributed by atoms with Crippen molar-refractivity contribution in [3.05, 3.63) is 23.3 Å². The van der Waals surface area contributed by atoms with E-state index < -0.39 is 6.10 Å². The first-order valence-electron chi connectivity index (χ1n) is 6.80. The summed E-state index contributed by atoms with van der Waals surface area (Å²) >= 11 is 0. The number of rotatable bonds is 6. The van der Waals surface area contributed by atoms with E-state index in [9.17, 15) is 4.79 Å². The lowest BCUT2D eigenvalue weighted by molar-refractivity contribution is -0.122. The highest BCUT2D eigenvalue weighted by Gasteiger charge is 2.13. The smallest absolute Gasteiger partial charge is 0.169 e. The van der Waals surface area contributed by atoms with Crippen LogP contribution in [0.25, 0.3) is 0 Å². The molecule has 0 aliphatic rings. The Morgan fingerprint density at radius 1 is 1.21 bits per heavy atom. The molecule has 0 saturated carbocycles. The van der Waals surface area contributed by atoms with Gasteiger partial charge in [-0.15, -0.1) is 0 Å². The Kier molecular flexibility index (Phi) is 5.40. The van der Waals surface area contributed by atoms with E-state index in [1.54, 1.807) is 6.92 Å². The van der Waals surface area contributed by atoms with Crippen LogP contribution in [0.2, 0.25) is 0 Å². The van der Waals surface area contributed by atoms with Gasteiger partial charge in [-0.05, 0) is 58.2 Å². The summed E-state index contributed by atoms with van der Waals surface area (Å²) in [6.07, 6.45) is 0.685. The second-order valence-corrected chi connectivity index (χ2v) is 5.07. The summed E-state index contributed by atoms with van der Waals surface area (Å²) in [6, 6.07) is 3.81. The number of ketones is 1. The lowest BCUT2D eigenvalue weighted by Gasteiger charge is -2.19. The number of Topliss-reactive ketones (excluding diaryl/α,β-unsaturated/α-hetero) is 1. The molecule has 0 fully saturated rings. The van der Waals surface area contributed by atoms with Crippen LogP contribution >= 0.6 is 0 Å². The average molecular weight is 264 g/mol. The van der Waals surface area contributed by atoms with E-state index in [2.05, 4.69) is 6.92 Å². The van der Waals surface area contributed by atoms with Crippen molar-refractivity contribution in [2.24, 2.45) is 0 Å². The summed E-state index contributed by atoms with van der Waals surface area (Å²) in [5.41, 5.74) is 2.22. The zero-order valence-corrected chi connectivity index (χ0v) is 12.7. The minimum atomic E-state index is -0.432. The second kappa shape index (κ2) is 6.60. The molecule has 1 aromatic carbocycles. The monoisotopic (exact) mass is 264 g/mol. The molecule has 2 atom stereocenters. The fourth-order valence-corrected chi connectivity index (χ4v) is 1.57. The van der Waals surface area contributed by atoms with Gasteiger partial charge in [-0.2, -0.15) is 0 Å². The maximum absolute atomic E-state index is 11.3. The number of hydrogen-bond acceptors (Lipinski definition) is 3. The van der Waals surface area contributed by atoms with E-state index in [0.717, 1.165) is 23.3 Å². The van der Waals surface area contributed by atoms with Gasteiger partial charge in [-0.25, -0.2) is 0 Å². The largest absolute Gasteiger partial charge is 0.490 e. The molecule has 3 heteroatoms. The molecule has 19 heavy (non-hydrogen) atoms. The summed E-state index contributed by atoms with van der Waals surface area (Å²) in [7, 11) is 0. The molecule has 0 saturated heterocycles. The minimum Gasteiger partial charge on any atom is -0.490 e. The van der Waals surface area contributed by atoms with Crippen LogP contribution in [0.1, 0.15) is 45.2 Å². The first kappa shape index (κ1) is 15.5. The van der Waals surface area contributed by atoms with E-state index >= 15 is 0 Å². The van der Waals surface area contributed by atoms with Gasteiger partial charge in [0, 0.05) is 6.07 Å². The lowest BCUT2D eigenvalue weighted by Crippen LogP contribution is -2.21. The summed E-state index contributed by atoms with van der Waals surface area (Å²) < 4.78 is 11.5. The highest BCUT2D eigenvalue weighted by molar-refractivity contribution is 5.80. The van der Waals surface area contributed by atoms with Crippen LogP contribution in [0, 0.1) is 13.8 Å². The molecule has 1 rings (SSSR count). The fourth-order valence-electron chi connectivity index (χ4n) is 1.57. The fraction of sp³-hybridized carbons (Fsp3) is 0.562. The van der Waals surface area contributed by atoms with Crippen molar-refractivity contribution >= 4 is 5.78 Å². The first-order valence-corrected chi connectivity index (χ1v) is 6.80. The molecule has 0 aromatic heterocycles. The van der Waals surface area contributed by atoms with Gasteiger partial charge in [0.1, 0.15) is 11.5 Å². The van der Waals surface area contributed by atoms with Gasteiger partial charge in [-0.3, -0.25) is 4.79 Å². The molecule has 0 unspecified atom stereocenters. The van der Waals surface area contributed by atoms with E-state index in [-0.39, 0.29) is 11.9 Å². The predicted molar refractivity (Wildman–Crippen MR) is 77.1 cm³/mol. The number of hydrogen-bond donors (Lipinski definition) is 0. The number of carbonyl (C=O) groups excluding carboxylic acids is 1. The Morgan fingerprint density at radius 2 is 1.84 bits per heavy atom. The molecular weight excluding hydrogens is 240 g/mol. The van der Waals surface area contributed by atoms with Crippen LogP contribution in [0.15, 0.2) is 12.1 Å². The average Bonchev–Trinajstić information content (AvgIpc) is 2.34. The van der Waals surface area contributed by atoms with Gasteiger partial charge < -0.3 is 9.47 Å². The van der Waals surface area contributed by atoms with Gasteiger partial charge in [-0.1, -0.05) is 6.92 Å². The number of carbonyl (C=O) groups is 1. The molecule has 0 bridgehead atoms. The van der Waals surface area contributed by atoms with Gasteiger partial charge in [0.25, 0.3) is 0 Å². The van der Waals surface area contributed by atoms with Crippen LogP contribution < -0.4 is 9.47 Å². The number of ether oxygens (including phenoxy) is 2. The van der Waals surface area contributed by atoms with Gasteiger partial charge in [0.15, 0.2) is 11.9 Å². The molecule has 0 radical (unpaired) electrons. The molecule has 0 amide bonds. The van der Waals surface area contributed by atoms with Crippen molar-refractivity contribution in [3.63, 3.8) is 0 Å². The zero-order chi connectivity index (χ0) is 14.6. The molecule has 0 aliphatic carbocycles. The Morgan fingerprint density at radius 3 is 2.37 bits per heavy atom. The van der Waals surface area contributed by atoms with E-state index in [1.165, 1.54) is 6.92 Å². The van der Waals surface area contributed by atoms with Crippen molar-refractivity contribution in [3.8, 4) is 11.5 Å². The van der Waals surface area contributed by atoms with Crippen molar-refractivity contribution in [1.29, 1.82) is 0 Å². The third-order valence-electron chi connectivity index (χ3n) is 3.38. The van der Waals surface area contributed by atoms with Gasteiger partial charge in [0.05, 0.1) is 6.10 Å². The maximum Gasteiger partial charge on any atom is 0.169 e. The van der Waals surface area contributed by atoms with E-state index in [0.29, 0.717) is 5.75 Å². The Hall–Kier alpha value is -1.51. The van der Waals surface area contributed by atoms with Crippen molar-refractivity contribution < 1.29 is 14.3 Å². The minimum absolute atomic E-state index is 0.0163. The third kappa shape index (κ3) is 4.27. The summed E-state index contributed by atoms with van der Waals surface area (Å²) in [5, 5.41) is 0. The van der Waals surface area contributed by atoms with Gasteiger partial charge in [0.2, 0.25) is 0 Å². The first-order chi connectivity index (χ1) is 8.85. The van der Waals surface area contributed by atoms with Crippen LogP contribution in [-0.4, -0.2) is 18.0 Å². The van der Waals surface area contributed by atoms with Crippen LogP contribution in [-0.2, 0) is 4.79 Å². The van der Waals surface area contributed by atoms with Crippen LogP contribution in [0.5, 0.6) is 11.5 Å². The van der Waals surface area contributed by atoms with E-state index in [4.69, 9.17) is 9.47 Å². The second-order valence-electron chi connectivity index (χ2n) is 5.07. The number of aryl methyl sites for hydroxylation is 1. The molecule has 3 nitrogen and oxygen atoms in total. The molecule has 0 spiro atoms. The molecular formula is C16H24O3. The maximum atomic E-state index is 11.3. The Bertz CT molecular complexity index is 452. The topological polar surface area (TPSA) is 35.5 Å². The Labute approximate surface area is 115 Å². The molecule has 0 aliphatic heterocycles. The third-order valence-corrected chi connectivity index (χ3v) is 3.38. The molecule has 0 heterocycles. The molecule has 0 N–H and O–H groups in total. The normalized spacial score (nSPS) is 13.8. The SMILES string of the molecule is CC[C@@H](C)Oc1cc(O[C@H](C)C(C)=O)cc(C)c1C. The van der Waals surface area contributed by atoms with Crippen molar-refractivity contribution in [2.75, 3.05) is 0 Å². The van der Waals surface area contributed by atoms with Crippen LogP contribution in [0.4, 0.5) is 0 Å². The standard InChI is InChI=1S/C16H24O3/c1-7-11(3)18-16-9-15(8-10(2)12(16)4)19-14(6)13(5)17/h8-9,11,14H,7H2,1-6H3/t11-,14-/m1/s1. The van der Waals surface area contributed by atoms with Crippen molar-refractivity contribution in [1.82, 2.24) is 0 Å². The highest BCUT2D eigenvalue weighted by atomic mass is 16.5. The predicted octanol–water partition coefficient (Wildman–Crippen LogP) is 3.84. The molecule has 106 valence electrons. The quantitative estimate of drug-likeness (QED) is 0.783. The summed E-state index contributed by atoms with van der Waals surface area (Å²) in [5.74, 6) is 1.53. The van der Waals surface area contributed by atoms with Crippen LogP contribution in [0.3, 0.4) is 0 Å². The van der Waals surface area contributed by atoms with Gasteiger partial charge >= 0.3 is 0 Å². The molecule has 1 aromatic rings. The highest BCUT2D eigenvalue weighted by Crippen LogP contribution is 2.29. The summed E-state index contributed by atoms with van der Waals surface area (Å²) in [6.45, 7) is 11.5. The summed E-state index contributed by atoms with van der Waals surface area (Å²) in [4.78, 5) is 11.3.